The molecule has 110 valence electrons. The highest BCUT2D eigenvalue weighted by atomic mass is 79.9. The Morgan fingerprint density at radius 1 is 1.45 bits per heavy atom. The molecule has 1 heterocycles. The summed E-state index contributed by atoms with van der Waals surface area (Å²) in [6.45, 7) is 5.85. The average molecular weight is 360 g/mol. The van der Waals surface area contributed by atoms with Crippen LogP contribution in [-0.4, -0.2) is 29.9 Å². The highest BCUT2D eigenvalue weighted by molar-refractivity contribution is 9.10. The van der Waals surface area contributed by atoms with Crippen LogP contribution < -0.4 is 5.32 Å². The quantitative estimate of drug-likeness (QED) is 0.868. The average Bonchev–Trinajstić information content (AvgIpc) is 2.74. The zero-order valence-electron chi connectivity index (χ0n) is 11.8. The minimum absolute atomic E-state index is 0.156. The zero-order chi connectivity index (χ0) is 14.7. The molecule has 2 atom stereocenters. The molecule has 2 rings (SSSR count). The highest BCUT2D eigenvalue weighted by Crippen LogP contribution is 2.26. The molecule has 1 N–H and O–H groups in total. The van der Waals surface area contributed by atoms with Crippen molar-refractivity contribution in [3.8, 4) is 0 Å². The molecular weight excluding hydrogens is 340 g/mol. The van der Waals surface area contributed by atoms with E-state index in [1.165, 1.54) is 0 Å². The molecule has 1 aliphatic rings. The molecule has 0 saturated carbocycles. The standard InChI is InChI=1S/C15H20BrClN2O/c1-10(9-19-7-3-4-15(19)20)18-11(2)13-6-5-12(16)8-14(13)17/h5-6,8,10-11,18H,3-4,7,9H2,1-2H3. The first-order valence-corrected chi connectivity index (χ1v) is 8.13. The Morgan fingerprint density at radius 3 is 2.80 bits per heavy atom. The summed E-state index contributed by atoms with van der Waals surface area (Å²) >= 11 is 9.68. The van der Waals surface area contributed by atoms with Crippen LogP contribution in [0.3, 0.4) is 0 Å². The van der Waals surface area contributed by atoms with Gasteiger partial charge in [-0.05, 0) is 38.0 Å². The number of hydrogen-bond acceptors (Lipinski definition) is 2. The van der Waals surface area contributed by atoms with Crippen LogP contribution in [0.1, 0.15) is 38.3 Å². The summed E-state index contributed by atoms with van der Waals surface area (Å²) in [5.41, 5.74) is 1.08. The largest absolute Gasteiger partial charge is 0.341 e. The number of likely N-dealkylation sites (tertiary alicyclic amines) is 1. The van der Waals surface area contributed by atoms with Crippen LogP contribution >= 0.6 is 27.5 Å². The van der Waals surface area contributed by atoms with Crippen LogP contribution in [0.2, 0.25) is 5.02 Å². The Kier molecular flexibility index (Phi) is 5.47. The van der Waals surface area contributed by atoms with Crippen molar-refractivity contribution in [3.63, 3.8) is 0 Å². The minimum Gasteiger partial charge on any atom is -0.341 e. The molecule has 0 aliphatic carbocycles. The third-order valence-corrected chi connectivity index (χ3v) is 4.45. The molecule has 1 aliphatic heterocycles. The maximum Gasteiger partial charge on any atom is 0.222 e. The zero-order valence-corrected chi connectivity index (χ0v) is 14.2. The van der Waals surface area contributed by atoms with Gasteiger partial charge in [-0.15, -0.1) is 0 Å². The number of rotatable bonds is 5. The van der Waals surface area contributed by atoms with Gasteiger partial charge in [0.1, 0.15) is 0 Å². The van der Waals surface area contributed by atoms with Gasteiger partial charge in [0.2, 0.25) is 5.91 Å². The van der Waals surface area contributed by atoms with Gasteiger partial charge in [0, 0.05) is 41.1 Å². The number of nitrogens with zero attached hydrogens (tertiary/aromatic N) is 1. The van der Waals surface area contributed by atoms with E-state index in [2.05, 4.69) is 35.1 Å². The number of amides is 1. The molecule has 20 heavy (non-hydrogen) atoms. The van der Waals surface area contributed by atoms with Crippen molar-refractivity contribution in [1.29, 1.82) is 0 Å². The Hall–Kier alpha value is -0.580. The maximum absolute atomic E-state index is 11.6. The normalized spacial score (nSPS) is 18.4. The third kappa shape index (κ3) is 3.96. The van der Waals surface area contributed by atoms with Crippen molar-refractivity contribution in [1.82, 2.24) is 10.2 Å². The van der Waals surface area contributed by atoms with Gasteiger partial charge in [-0.25, -0.2) is 0 Å². The van der Waals surface area contributed by atoms with E-state index in [1.54, 1.807) is 0 Å². The van der Waals surface area contributed by atoms with Gasteiger partial charge in [-0.1, -0.05) is 33.6 Å². The lowest BCUT2D eigenvalue weighted by molar-refractivity contribution is -0.127. The highest BCUT2D eigenvalue weighted by Gasteiger charge is 2.22. The number of hydrogen-bond donors (Lipinski definition) is 1. The molecule has 0 bridgehead atoms. The van der Waals surface area contributed by atoms with Crippen LogP contribution in [0, 0.1) is 0 Å². The third-order valence-electron chi connectivity index (χ3n) is 3.63. The second-order valence-corrected chi connectivity index (χ2v) is 6.72. The van der Waals surface area contributed by atoms with Crippen molar-refractivity contribution in [2.24, 2.45) is 0 Å². The monoisotopic (exact) mass is 358 g/mol. The molecule has 5 heteroatoms. The van der Waals surface area contributed by atoms with Gasteiger partial charge in [0.15, 0.2) is 0 Å². The second kappa shape index (κ2) is 6.92. The lowest BCUT2D eigenvalue weighted by Gasteiger charge is -2.25. The maximum atomic E-state index is 11.6. The smallest absolute Gasteiger partial charge is 0.222 e. The van der Waals surface area contributed by atoms with E-state index in [1.807, 2.05) is 23.1 Å². The minimum atomic E-state index is 0.156. The molecule has 1 aromatic rings. The lowest BCUT2D eigenvalue weighted by atomic mass is 10.1. The fourth-order valence-corrected chi connectivity index (χ4v) is 3.49. The van der Waals surface area contributed by atoms with Crippen LogP contribution in [0.5, 0.6) is 0 Å². The second-order valence-electron chi connectivity index (χ2n) is 5.40. The Balaban J connectivity index is 1.93. The molecule has 0 spiro atoms. The number of carbonyl (C=O) groups is 1. The van der Waals surface area contributed by atoms with E-state index < -0.39 is 0 Å². The SMILES string of the molecule is CC(CN1CCCC1=O)NC(C)c1ccc(Br)cc1Cl. The van der Waals surface area contributed by atoms with Crippen LogP contribution in [0.4, 0.5) is 0 Å². The Labute approximate surface area is 133 Å². The predicted molar refractivity (Wildman–Crippen MR) is 86.0 cm³/mol. The summed E-state index contributed by atoms with van der Waals surface area (Å²) in [4.78, 5) is 13.6. The van der Waals surface area contributed by atoms with E-state index >= 15 is 0 Å². The topological polar surface area (TPSA) is 32.3 Å². The van der Waals surface area contributed by atoms with Crippen molar-refractivity contribution in [2.45, 2.75) is 38.8 Å². The first-order chi connectivity index (χ1) is 9.47. The van der Waals surface area contributed by atoms with Crippen LogP contribution in [0.25, 0.3) is 0 Å². The van der Waals surface area contributed by atoms with Gasteiger partial charge in [-0.3, -0.25) is 4.79 Å². The molecular formula is C15H20BrClN2O. The van der Waals surface area contributed by atoms with E-state index in [0.717, 1.165) is 34.6 Å². The summed E-state index contributed by atoms with van der Waals surface area (Å²) in [6, 6.07) is 6.32. The van der Waals surface area contributed by atoms with Crippen LogP contribution in [-0.2, 0) is 4.79 Å². The van der Waals surface area contributed by atoms with Gasteiger partial charge in [0.05, 0.1) is 0 Å². The number of nitrogens with one attached hydrogen (secondary N) is 1. The number of benzene rings is 1. The summed E-state index contributed by atoms with van der Waals surface area (Å²) < 4.78 is 0.981. The van der Waals surface area contributed by atoms with E-state index in [4.69, 9.17) is 11.6 Å². The van der Waals surface area contributed by atoms with Crippen molar-refractivity contribution in [3.05, 3.63) is 33.3 Å². The molecule has 0 aromatic heterocycles. The predicted octanol–water partition coefficient (Wildman–Crippen LogP) is 3.76. The molecule has 2 unspecified atom stereocenters. The fourth-order valence-electron chi connectivity index (χ4n) is 2.65. The van der Waals surface area contributed by atoms with Crippen molar-refractivity contribution in [2.75, 3.05) is 13.1 Å². The summed E-state index contributed by atoms with van der Waals surface area (Å²) in [6.07, 6.45) is 1.68. The number of carbonyl (C=O) groups excluding carboxylic acids is 1. The van der Waals surface area contributed by atoms with E-state index in [0.29, 0.717) is 6.42 Å². The molecule has 1 aromatic carbocycles. The summed E-state index contributed by atoms with van der Waals surface area (Å²) in [7, 11) is 0. The summed E-state index contributed by atoms with van der Waals surface area (Å²) in [5.74, 6) is 0.271. The molecule has 1 amide bonds. The van der Waals surface area contributed by atoms with E-state index in [9.17, 15) is 4.79 Å². The van der Waals surface area contributed by atoms with Gasteiger partial charge < -0.3 is 10.2 Å². The Morgan fingerprint density at radius 2 is 2.20 bits per heavy atom. The summed E-state index contributed by atoms with van der Waals surface area (Å²) in [5, 5.41) is 4.26. The van der Waals surface area contributed by atoms with Gasteiger partial charge >= 0.3 is 0 Å². The van der Waals surface area contributed by atoms with E-state index in [-0.39, 0.29) is 18.0 Å². The fraction of sp³-hybridized carbons (Fsp3) is 0.533. The first kappa shape index (κ1) is 15.8. The molecule has 0 radical (unpaired) electrons. The lowest BCUT2D eigenvalue weighted by Crippen LogP contribution is -2.40. The molecule has 1 fully saturated rings. The molecule has 3 nitrogen and oxygen atoms in total. The number of halogens is 2. The van der Waals surface area contributed by atoms with Crippen molar-refractivity contribution >= 4 is 33.4 Å². The van der Waals surface area contributed by atoms with Gasteiger partial charge in [-0.2, -0.15) is 0 Å². The van der Waals surface area contributed by atoms with Gasteiger partial charge in [0.25, 0.3) is 0 Å². The van der Waals surface area contributed by atoms with Crippen LogP contribution in [0.15, 0.2) is 22.7 Å². The van der Waals surface area contributed by atoms with Crippen molar-refractivity contribution < 1.29 is 4.79 Å². The Bertz CT molecular complexity index is 495. The first-order valence-electron chi connectivity index (χ1n) is 6.96. The molecule has 1 saturated heterocycles.